The van der Waals surface area contributed by atoms with Crippen LogP contribution in [0.25, 0.3) is 0 Å². The molecule has 1 aromatic rings. The van der Waals surface area contributed by atoms with Crippen LogP contribution in [0.1, 0.15) is 45.7 Å². The Morgan fingerprint density at radius 2 is 2.20 bits per heavy atom. The largest absolute Gasteiger partial charge is 0.300 e. The molecule has 2 unspecified atom stereocenters. The van der Waals surface area contributed by atoms with E-state index in [0.717, 1.165) is 38.0 Å². The Morgan fingerprint density at radius 1 is 1.45 bits per heavy atom. The average Bonchev–Trinajstić information content (AvgIpc) is 2.83. The molecular weight excluding hydrogens is 268 g/mol. The minimum absolute atomic E-state index is 0.205. The Labute approximate surface area is 126 Å². The Morgan fingerprint density at radius 3 is 2.80 bits per heavy atom. The predicted octanol–water partition coefficient (Wildman–Crippen LogP) is 3.61. The zero-order chi connectivity index (χ0) is 14.8. The highest BCUT2D eigenvalue weighted by atomic mass is 32.1. The van der Waals surface area contributed by atoms with Crippen molar-refractivity contribution in [2.24, 2.45) is 17.3 Å². The molecule has 1 saturated carbocycles. The SMILES string of the molecule is CN(Cc1cscn1)CC1CC(C(C)(C)C)CCC1=O. The van der Waals surface area contributed by atoms with Crippen LogP contribution in [0.5, 0.6) is 0 Å². The van der Waals surface area contributed by atoms with E-state index in [0.29, 0.717) is 17.1 Å². The number of Topliss-reactive ketones (excluding diaryl/α,β-unsaturated/α-hetero) is 1. The van der Waals surface area contributed by atoms with E-state index in [2.05, 4.69) is 43.1 Å². The van der Waals surface area contributed by atoms with E-state index in [1.165, 1.54) is 0 Å². The topological polar surface area (TPSA) is 33.2 Å². The van der Waals surface area contributed by atoms with Crippen LogP contribution in [-0.4, -0.2) is 29.3 Å². The number of ketones is 1. The van der Waals surface area contributed by atoms with Gasteiger partial charge >= 0.3 is 0 Å². The molecule has 1 fully saturated rings. The van der Waals surface area contributed by atoms with Crippen molar-refractivity contribution < 1.29 is 4.79 Å². The van der Waals surface area contributed by atoms with E-state index in [1.54, 1.807) is 11.3 Å². The minimum Gasteiger partial charge on any atom is -0.300 e. The number of thiazole rings is 1. The summed E-state index contributed by atoms with van der Waals surface area (Å²) in [4.78, 5) is 18.7. The number of carbonyl (C=O) groups excluding carboxylic acids is 1. The number of nitrogens with zero attached hydrogens (tertiary/aromatic N) is 2. The van der Waals surface area contributed by atoms with E-state index in [-0.39, 0.29) is 5.92 Å². The number of aromatic nitrogens is 1. The number of hydrogen-bond acceptors (Lipinski definition) is 4. The lowest BCUT2D eigenvalue weighted by molar-refractivity contribution is -0.127. The van der Waals surface area contributed by atoms with Crippen molar-refractivity contribution in [1.29, 1.82) is 0 Å². The second kappa shape index (κ2) is 6.35. The van der Waals surface area contributed by atoms with Gasteiger partial charge < -0.3 is 0 Å². The number of hydrogen-bond donors (Lipinski definition) is 0. The first-order valence-electron chi connectivity index (χ1n) is 7.44. The lowest BCUT2D eigenvalue weighted by Gasteiger charge is -2.38. The number of carbonyl (C=O) groups is 1. The van der Waals surface area contributed by atoms with Crippen molar-refractivity contribution in [2.75, 3.05) is 13.6 Å². The van der Waals surface area contributed by atoms with Gasteiger partial charge in [0.05, 0.1) is 11.2 Å². The Balaban J connectivity index is 1.91. The van der Waals surface area contributed by atoms with Crippen molar-refractivity contribution in [3.8, 4) is 0 Å². The molecule has 112 valence electrons. The fourth-order valence-electron chi connectivity index (χ4n) is 3.11. The molecule has 0 spiro atoms. The maximum absolute atomic E-state index is 12.2. The van der Waals surface area contributed by atoms with Crippen LogP contribution in [0.15, 0.2) is 10.9 Å². The second-order valence-electron chi connectivity index (χ2n) is 7.18. The third-order valence-corrected chi connectivity index (χ3v) is 5.07. The molecule has 1 aliphatic carbocycles. The molecule has 1 heterocycles. The van der Waals surface area contributed by atoms with Gasteiger partial charge in [0.2, 0.25) is 0 Å². The summed E-state index contributed by atoms with van der Waals surface area (Å²) in [5.74, 6) is 1.32. The van der Waals surface area contributed by atoms with Crippen LogP contribution in [0.4, 0.5) is 0 Å². The Kier molecular flexibility index (Phi) is 4.97. The fraction of sp³-hybridized carbons (Fsp3) is 0.750. The molecule has 4 heteroatoms. The van der Waals surface area contributed by atoms with Crippen LogP contribution in [0.3, 0.4) is 0 Å². The van der Waals surface area contributed by atoms with Crippen LogP contribution < -0.4 is 0 Å². The van der Waals surface area contributed by atoms with Gasteiger partial charge in [0.25, 0.3) is 0 Å². The van der Waals surface area contributed by atoms with Gasteiger partial charge in [0, 0.05) is 30.8 Å². The Hall–Kier alpha value is -0.740. The summed E-state index contributed by atoms with van der Waals surface area (Å²) in [6.07, 6.45) is 2.87. The van der Waals surface area contributed by atoms with Crippen LogP contribution in [0.2, 0.25) is 0 Å². The van der Waals surface area contributed by atoms with Gasteiger partial charge in [-0.1, -0.05) is 20.8 Å². The van der Waals surface area contributed by atoms with Crippen LogP contribution >= 0.6 is 11.3 Å². The molecule has 1 aromatic heterocycles. The molecule has 0 amide bonds. The third-order valence-electron chi connectivity index (χ3n) is 4.44. The normalized spacial score (nSPS) is 24.4. The maximum Gasteiger partial charge on any atom is 0.137 e. The van der Waals surface area contributed by atoms with E-state index >= 15 is 0 Å². The molecule has 0 aromatic carbocycles. The van der Waals surface area contributed by atoms with Crippen LogP contribution in [0, 0.1) is 17.3 Å². The first-order valence-corrected chi connectivity index (χ1v) is 8.39. The van der Waals surface area contributed by atoms with E-state index in [4.69, 9.17) is 0 Å². The molecule has 3 nitrogen and oxygen atoms in total. The van der Waals surface area contributed by atoms with E-state index in [9.17, 15) is 4.79 Å². The summed E-state index contributed by atoms with van der Waals surface area (Å²) < 4.78 is 0. The summed E-state index contributed by atoms with van der Waals surface area (Å²) in [6.45, 7) is 8.59. The molecule has 1 aliphatic rings. The van der Waals surface area contributed by atoms with Crippen molar-refractivity contribution in [2.45, 2.75) is 46.6 Å². The first-order chi connectivity index (χ1) is 9.36. The van der Waals surface area contributed by atoms with Gasteiger partial charge in [0.1, 0.15) is 5.78 Å². The zero-order valence-electron chi connectivity index (χ0n) is 13.1. The smallest absolute Gasteiger partial charge is 0.137 e. The molecular formula is C16H26N2OS. The Bertz CT molecular complexity index is 436. The highest BCUT2D eigenvalue weighted by Crippen LogP contribution is 2.39. The zero-order valence-corrected chi connectivity index (χ0v) is 13.9. The average molecular weight is 294 g/mol. The molecule has 0 aliphatic heterocycles. The van der Waals surface area contributed by atoms with Crippen molar-refractivity contribution in [3.05, 3.63) is 16.6 Å². The lowest BCUT2D eigenvalue weighted by Crippen LogP contribution is -2.37. The summed E-state index contributed by atoms with van der Waals surface area (Å²) in [7, 11) is 2.09. The second-order valence-corrected chi connectivity index (χ2v) is 7.90. The van der Waals surface area contributed by atoms with Gasteiger partial charge in [-0.15, -0.1) is 11.3 Å². The van der Waals surface area contributed by atoms with Gasteiger partial charge in [0.15, 0.2) is 0 Å². The molecule has 0 saturated heterocycles. The minimum atomic E-state index is 0.205. The summed E-state index contributed by atoms with van der Waals surface area (Å²) >= 11 is 1.63. The van der Waals surface area contributed by atoms with Gasteiger partial charge in [-0.3, -0.25) is 9.69 Å². The van der Waals surface area contributed by atoms with E-state index in [1.807, 2.05) is 5.51 Å². The third kappa shape index (κ3) is 4.13. The molecule has 20 heavy (non-hydrogen) atoms. The lowest BCUT2D eigenvalue weighted by atomic mass is 9.68. The quantitative estimate of drug-likeness (QED) is 0.850. The van der Waals surface area contributed by atoms with Gasteiger partial charge in [-0.25, -0.2) is 4.98 Å². The fourth-order valence-corrected chi connectivity index (χ4v) is 3.66. The molecule has 0 bridgehead atoms. The molecule has 2 rings (SSSR count). The number of rotatable bonds is 4. The highest BCUT2D eigenvalue weighted by molar-refractivity contribution is 7.07. The molecule has 0 radical (unpaired) electrons. The van der Waals surface area contributed by atoms with Gasteiger partial charge in [-0.2, -0.15) is 0 Å². The van der Waals surface area contributed by atoms with Crippen molar-refractivity contribution in [1.82, 2.24) is 9.88 Å². The van der Waals surface area contributed by atoms with Crippen molar-refractivity contribution >= 4 is 17.1 Å². The van der Waals surface area contributed by atoms with E-state index < -0.39 is 0 Å². The molecule has 2 atom stereocenters. The predicted molar refractivity (Wildman–Crippen MR) is 83.7 cm³/mol. The first kappa shape index (κ1) is 15.6. The highest BCUT2D eigenvalue weighted by Gasteiger charge is 2.35. The van der Waals surface area contributed by atoms with Crippen LogP contribution in [-0.2, 0) is 11.3 Å². The monoisotopic (exact) mass is 294 g/mol. The van der Waals surface area contributed by atoms with Crippen molar-refractivity contribution in [3.63, 3.8) is 0 Å². The molecule has 0 N–H and O–H groups in total. The standard InChI is InChI=1S/C16H26N2OS/c1-16(2,3)13-5-6-15(19)12(7-13)8-18(4)9-14-10-20-11-17-14/h10-13H,5-9H2,1-4H3. The summed E-state index contributed by atoms with van der Waals surface area (Å²) in [5, 5.41) is 2.08. The van der Waals surface area contributed by atoms with Gasteiger partial charge in [-0.05, 0) is 31.2 Å². The maximum atomic E-state index is 12.2. The summed E-state index contributed by atoms with van der Waals surface area (Å²) in [5.41, 5.74) is 3.28. The summed E-state index contributed by atoms with van der Waals surface area (Å²) in [6, 6.07) is 0.